The first-order valence-corrected chi connectivity index (χ1v) is 8.44. The summed E-state index contributed by atoms with van der Waals surface area (Å²) in [6.07, 6.45) is 3.12. The fraction of sp³-hybridized carbons (Fsp3) is 0.500. The SMILES string of the molecule is CN(O)C(=N)c1nc2ccc(C(=O)OC(C)(C)C)cc2n1C1CCC1. The largest absolute Gasteiger partial charge is 0.456 e. The van der Waals surface area contributed by atoms with Crippen LogP contribution in [0.2, 0.25) is 0 Å². The van der Waals surface area contributed by atoms with Gasteiger partial charge in [-0.3, -0.25) is 10.6 Å². The van der Waals surface area contributed by atoms with E-state index in [0.29, 0.717) is 16.9 Å². The summed E-state index contributed by atoms with van der Waals surface area (Å²) < 4.78 is 7.41. The van der Waals surface area contributed by atoms with Gasteiger partial charge in [0.1, 0.15) is 5.60 Å². The lowest BCUT2D eigenvalue weighted by molar-refractivity contribution is 0.00691. The molecule has 7 heteroatoms. The Hall–Kier alpha value is -2.41. The first-order chi connectivity index (χ1) is 11.7. The molecule has 7 nitrogen and oxygen atoms in total. The summed E-state index contributed by atoms with van der Waals surface area (Å²) in [7, 11) is 1.40. The molecule has 1 fully saturated rings. The minimum atomic E-state index is -0.562. The van der Waals surface area contributed by atoms with E-state index >= 15 is 0 Å². The number of esters is 1. The van der Waals surface area contributed by atoms with Gasteiger partial charge in [0.2, 0.25) is 0 Å². The molecule has 0 atom stereocenters. The van der Waals surface area contributed by atoms with Gasteiger partial charge < -0.3 is 9.30 Å². The molecule has 1 aliphatic carbocycles. The van der Waals surface area contributed by atoms with E-state index in [9.17, 15) is 10.0 Å². The third-order valence-corrected chi connectivity index (χ3v) is 4.30. The highest BCUT2D eigenvalue weighted by atomic mass is 16.6. The number of ether oxygens (including phenoxy) is 1. The summed E-state index contributed by atoms with van der Waals surface area (Å²) in [5, 5.41) is 18.5. The van der Waals surface area contributed by atoms with Crippen LogP contribution in [0.15, 0.2) is 18.2 Å². The van der Waals surface area contributed by atoms with E-state index < -0.39 is 5.60 Å². The Bertz CT molecular complexity index is 829. The average Bonchev–Trinajstić information content (AvgIpc) is 2.81. The first kappa shape index (κ1) is 17.4. The van der Waals surface area contributed by atoms with Gasteiger partial charge in [-0.05, 0) is 58.2 Å². The van der Waals surface area contributed by atoms with Crippen molar-refractivity contribution in [2.45, 2.75) is 51.7 Å². The monoisotopic (exact) mass is 344 g/mol. The van der Waals surface area contributed by atoms with E-state index in [1.807, 2.05) is 25.3 Å². The van der Waals surface area contributed by atoms with Crippen molar-refractivity contribution < 1.29 is 14.7 Å². The number of rotatable bonds is 3. The van der Waals surface area contributed by atoms with E-state index in [-0.39, 0.29) is 17.8 Å². The number of amidine groups is 1. The van der Waals surface area contributed by atoms with Crippen molar-refractivity contribution >= 4 is 22.8 Å². The molecular formula is C18H24N4O3. The van der Waals surface area contributed by atoms with Crippen LogP contribution in [0.25, 0.3) is 11.0 Å². The Morgan fingerprint density at radius 1 is 1.40 bits per heavy atom. The smallest absolute Gasteiger partial charge is 0.338 e. The second-order valence-corrected chi connectivity index (χ2v) is 7.47. The molecule has 0 radical (unpaired) electrons. The zero-order valence-electron chi connectivity index (χ0n) is 15.0. The summed E-state index contributed by atoms with van der Waals surface area (Å²) in [5.74, 6) is -0.0420. The molecule has 0 aliphatic heterocycles. The Labute approximate surface area is 146 Å². The molecule has 3 rings (SSSR count). The fourth-order valence-electron chi connectivity index (χ4n) is 2.88. The van der Waals surface area contributed by atoms with Crippen LogP contribution in [0.4, 0.5) is 0 Å². The van der Waals surface area contributed by atoms with E-state index in [2.05, 4.69) is 4.98 Å². The highest BCUT2D eigenvalue weighted by molar-refractivity contribution is 5.98. The third kappa shape index (κ3) is 3.37. The zero-order valence-corrected chi connectivity index (χ0v) is 15.0. The van der Waals surface area contributed by atoms with Crippen LogP contribution in [0.3, 0.4) is 0 Å². The molecule has 0 unspecified atom stereocenters. The van der Waals surface area contributed by atoms with Crippen molar-refractivity contribution in [3.05, 3.63) is 29.6 Å². The number of fused-ring (bicyclic) bond motifs is 1. The lowest BCUT2D eigenvalue weighted by Crippen LogP contribution is -2.29. The molecule has 134 valence electrons. The number of nitrogens with zero attached hydrogens (tertiary/aromatic N) is 3. The normalized spacial score (nSPS) is 15.1. The number of hydroxylamine groups is 2. The van der Waals surface area contributed by atoms with Crippen LogP contribution >= 0.6 is 0 Å². The van der Waals surface area contributed by atoms with E-state index in [1.54, 1.807) is 18.2 Å². The summed E-state index contributed by atoms with van der Waals surface area (Å²) in [6, 6.07) is 5.44. The summed E-state index contributed by atoms with van der Waals surface area (Å²) >= 11 is 0. The molecule has 0 saturated heterocycles. The summed E-state index contributed by atoms with van der Waals surface area (Å²) in [5.41, 5.74) is 1.38. The van der Waals surface area contributed by atoms with Crippen LogP contribution in [0.1, 0.15) is 62.3 Å². The van der Waals surface area contributed by atoms with Gasteiger partial charge in [-0.2, -0.15) is 0 Å². The van der Waals surface area contributed by atoms with E-state index in [4.69, 9.17) is 10.1 Å². The van der Waals surface area contributed by atoms with Gasteiger partial charge in [0.15, 0.2) is 11.7 Å². The van der Waals surface area contributed by atoms with Crippen molar-refractivity contribution in [1.82, 2.24) is 14.6 Å². The lowest BCUT2D eigenvalue weighted by atomic mass is 9.92. The molecular weight excluding hydrogens is 320 g/mol. The topological polar surface area (TPSA) is 91.4 Å². The number of aromatic nitrogens is 2. The van der Waals surface area contributed by atoms with Crippen LogP contribution in [-0.4, -0.2) is 44.3 Å². The quantitative estimate of drug-likeness (QED) is 0.385. The molecule has 0 spiro atoms. The molecule has 0 amide bonds. The third-order valence-electron chi connectivity index (χ3n) is 4.30. The van der Waals surface area contributed by atoms with Gasteiger partial charge in [-0.15, -0.1) is 0 Å². The Morgan fingerprint density at radius 2 is 2.08 bits per heavy atom. The molecule has 2 aromatic rings. The van der Waals surface area contributed by atoms with Gasteiger partial charge >= 0.3 is 5.97 Å². The van der Waals surface area contributed by atoms with Crippen molar-refractivity contribution in [2.24, 2.45) is 0 Å². The van der Waals surface area contributed by atoms with Gasteiger partial charge in [0.05, 0.1) is 16.6 Å². The number of hydrogen-bond acceptors (Lipinski definition) is 5. The van der Waals surface area contributed by atoms with Gasteiger partial charge in [-0.25, -0.2) is 14.8 Å². The van der Waals surface area contributed by atoms with Crippen LogP contribution in [0, 0.1) is 5.41 Å². The second-order valence-electron chi connectivity index (χ2n) is 7.47. The molecule has 25 heavy (non-hydrogen) atoms. The number of hydrogen-bond donors (Lipinski definition) is 2. The lowest BCUT2D eigenvalue weighted by Gasteiger charge is -2.29. The Kier molecular flexibility index (Phi) is 4.28. The molecule has 1 saturated carbocycles. The molecule has 1 heterocycles. The minimum absolute atomic E-state index is 0.0677. The molecule has 1 aromatic carbocycles. The summed E-state index contributed by atoms with van der Waals surface area (Å²) in [4.78, 5) is 16.9. The Morgan fingerprint density at radius 3 is 2.60 bits per heavy atom. The Balaban J connectivity index is 2.09. The van der Waals surface area contributed by atoms with Crippen molar-refractivity contribution in [3.8, 4) is 0 Å². The van der Waals surface area contributed by atoms with Crippen molar-refractivity contribution in [3.63, 3.8) is 0 Å². The maximum atomic E-state index is 12.4. The number of carbonyl (C=O) groups excluding carboxylic acids is 1. The zero-order chi connectivity index (χ0) is 18.4. The average molecular weight is 344 g/mol. The maximum Gasteiger partial charge on any atom is 0.338 e. The molecule has 1 aromatic heterocycles. The van der Waals surface area contributed by atoms with Crippen LogP contribution in [0.5, 0.6) is 0 Å². The van der Waals surface area contributed by atoms with Crippen molar-refractivity contribution in [2.75, 3.05) is 7.05 Å². The number of carbonyl (C=O) groups is 1. The number of nitrogens with one attached hydrogen (secondary N) is 1. The standard InChI is InChI=1S/C18H24N4O3/c1-18(2,3)25-17(23)11-8-9-13-14(10-11)22(12-6-5-7-12)16(20-13)15(19)21(4)24/h8-10,12,19,24H,5-7H2,1-4H3. The molecule has 1 aliphatic rings. The highest BCUT2D eigenvalue weighted by Crippen LogP contribution is 2.36. The van der Waals surface area contributed by atoms with Crippen molar-refractivity contribution in [1.29, 1.82) is 5.41 Å². The summed E-state index contributed by atoms with van der Waals surface area (Å²) in [6.45, 7) is 5.50. The minimum Gasteiger partial charge on any atom is -0.456 e. The van der Waals surface area contributed by atoms with Gasteiger partial charge in [0.25, 0.3) is 0 Å². The van der Waals surface area contributed by atoms with E-state index in [0.717, 1.165) is 29.8 Å². The van der Waals surface area contributed by atoms with Crippen LogP contribution < -0.4 is 0 Å². The molecule has 0 bridgehead atoms. The highest BCUT2D eigenvalue weighted by Gasteiger charge is 2.28. The number of benzene rings is 1. The first-order valence-electron chi connectivity index (χ1n) is 8.44. The number of imidazole rings is 1. The van der Waals surface area contributed by atoms with Crippen LogP contribution in [-0.2, 0) is 4.74 Å². The van der Waals surface area contributed by atoms with Gasteiger partial charge in [0, 0.05) is 13.1 Å². The second kappa shape index (κ2) is 6.15. The molecule has 2 N–H and O–H groups in total. The fourth-order valence-corrected chi connectivity index (χ4v) is 2.88. The predicted octanol–water partition coefficient (Wildman–Crippen LogP) is 3.36. The predicted molar refractivity (Wildman–Crippen MR) is 94.2 cm³/mol. The van der Waals surface area contributed by atoms with Gasteiger partial charge in [-0.1, -0.05) is 0 Å². The maximum absolute atomic E-state index is 12.4. The van der Waals surface area contributed by atoms with E-state index in [1.165, 1.54) is 7.05 Å².